The Kier molecular flexibility index (Phi) is 7.12. The fourth-order valence-corrected chi connectivity index (χ4v) is 3.37. The third-order valence-electron chi connectivity index (χ3n) is 4.45. The van der Waals surface area contributed by atoms with Crippen molar-refractivity contribution < 1.29 is 9.84 Å². The molecule has 0 saturated heterocycles. The Balaban J connectivity index is 2.14. The fraction of sp³-hybridized carbons (Fsp3) is 0.167. The van der Waals surface area contributed by atoms with Gasteiger partial charge >= 0.3 is 0 Å². The molecular weight excluding hydrogens is 370 g/mol. The number of aromatic hydroxyl groups is 1. The molecule has 0 atom stereocenters. The maximum atomic E-state index is 9.68. The van der Waals surface area contributed by atoms with E-state index in [0.717, 1.165) is 33.6 Å². The monoisotopic (exact) mass is 393 g/mol. The molecule has 0 heterocycles. The number of hydrogen-bond acceptors (Lipinski definition) is 3. The van der Waals surface area contributed by atoms with Crippen molar-refractivity contribution in [2.45, 2.75) is 6.42 Å². The van der Waals surface area contributed by atoms with Crippen LogP contribution in [0, 0.1) is 0 Å². The van der Waals surface area contributed by atoms with E-state index in [9.17, 15) is 5.11 Å². The van der Waals surface area contributed by atoms with E-state index in [1.807, 2.05) is 42.5 Å². The molecule has 0 radical (unpaired) electrons. The molecule has 3 N–H and O–H groups in total. The highest BCUT2D eigenvalue weighted by Gasteiger charge is 2.14. The van der Waals surface area contributed by atoms with Gasteiger partial charge in [0.1, 0.15) is 18.1 Å². The number of phenolic OH excluding ortho intramolecular Hbond substituents is 1. The van der Waals surface area contributed by atoms with Gasteiger partial charge in [-0.05, 0) is 58.5 Å². The maximum absolute atomic E-state index is 9.68. The quantitative estimate of drug-likeness (QED) is 0.402. The summed E-state index contributed by atoms with van der Waals surface area (Å²) in [5, 5.41) is 9.68. The smallest absolute Gasteiger partial charge is 0.119 e. The van der Waals surface area contributed by atoms with Gasteiger partial charge in [0.2, 0.25) is 0 Å². The summed E-state index contributed by atoms with van der Waals surface area (Å²) in [6.45, 7) is 0.976. The van der Waals surface area contributed by atoms with Crippen molar-refractivity contribution in [3.63, 3.8) is 0 Å². The molecular formula is C24H24ClNO2. The van der Waals surface area contributed by atoms with E-state index in [4.69, 9.17) is 22.1 Å². The molecule has 0 spiro atoms. The van der Waals surface area contributed by atoms with Crippen LogP contribution in [0.5, 0.6) is 11.5 Å². The number of rotatable bonds is 8. The van der Waals surface area contributed by atoms with Gasteiger partial charge in [-0.2, -0.15) is 0 Å². The van der Waals surface area contributed by atoms with Crippen molar-refractivity contribution in [3.8, 4) is 11.5 Å². The fourth-order valence-electron chi connectivity index (χ4n) is 3.19. The second kappa shape index (κ2) is 9.98. The number of alkyl halides is 1. The van der Waals surface area contributed by atoms with Crippen molar-refractivity contribution in [1.29, 1.82) is 0 Å². The Labute approximate surface area is 171 Å². The van der Waals surface area contributed by atoms with E-state index in [0.29, 0.717) is 25.5 Å². The van der Waals surface area contributed by atoms with Gasteiger partial charge in [0.05, 0.1) is 0 Å². The molecule has 0 aliphatic heterocycles. The van der Waals surface area contributed by atoms with Crippen LogP contribution in [0.25, 0.3) is 11.1 Å². The van der Waals surface area contributed by atoms with Gasteiger partial charge in [-0.25, -0.2) is 0 Å². The van der Waals surface area contributed by atoms with Crippen LogP contribution in [0.2, 0.25) is 0 Å². The van der Waals surface area contributed by atoms with Crippen molar-refractivity contribution in [2.75, 3.05) is 19.0 Å². The Morgan fingerprint density at radius 3 is 2.04 bits per heavy atom. The summed E-state index contributed by atoms with van der Waals surface area (Å²) in [5.74, 6) is 1.55. The van der Waals surface area contributed by atoms with Crippen LogP contribution in [-0.4, -0.2) is 24.1 Å². The minimum absolute atomic E-state index is 0.247. The Bertz CT molecular complexity index is 904. The normalized spacial score (nSPS) is 11.8. The summed E-state index contributed by atoms with van der Waals surface area (Å²) in [4.78, 5) is 0. The summed E-state index contributed by atoms with van der Waals surface area (Å²) >= 11 is 6.16. The van der Waals surface area contributed by atoms with Gasteiger partial charge in [-0.15, -0.1) is 11.6 Å². The minimum atomic E-state index is 0.247. The molecule has 3 rings (SSSR count). The van der Waals surface area contributed by atoms with Crippen LogP contribution in [0.15, 0.2) is 78.9 Å². The summed E-state index contributed by atoms with van der Waals surface area (Å²) < 4.78 is 5.61. The zero-order valence-electron chi connectivity index (χ0n) is 15.6. The van der Waals surface area contributed by atoms with E-state index >= 15 is 0 Å². The van der Waals surface area contributed by atoms with Gasteiger partial charge in [-0.1, -0.05) is 54.6 Å². The molecule has 3 aromatic carbocycles. The number of phenols is 1. The van der Waals surface area contributed by atoms with Crippen molar-refractivity contribution >= 4 is 22.7 Å². The van der Waals surface area contributed by atoms with Crippen molar-refractivity contribution in [3.05, 3.63) is 95.6 Å². The standard InChI is InChI=1S/C24H24ClNO2/c25-15-14-23(18-6-10-21(27)11-7-18)24(19-4-2-1-3-5-19)20-8-12-22(13-9-20)28-17-16-26/h1-13,27H,14-17,26H2/b24-23-. The lowest BCUT2D eigenvalue weighted by atomic mass is 9.88. The zero-order chi connectivity index (χ0) is 19.8. The molecule has 0 bridgehead atoms. The van der Waals surface area contributed by atoms with Crippen LogP contribution in [0.3, 0.4) is 0 Å². The Hall–Kier alpha value is -2.75. The number of allylic oxidation sites excluding steroid dienone is 1. The molecule has 0 unspecified atom stereocenters. The largest absolute Gasteiger partial charge is 0.508 e. The minimum Gasteiger partial charge on any atom is -0.508 e. The number of ether oxygens (including phenoxy) is 1. The van der Waals surface area contributed by atoms with Crippen LogP contribution in [-0.2, 0) is 0 Å². The topological polar surface area (TPSA) is 55.5 Å². The molecule has 0 aliphatic rings. The molecule has 0 amide bonds. The molecule has 3 aromatic rings. The predicted molar refractivity (Wildman–Crippen MR) is 117 cm³/mol. The van der Waals surface area contributed by atoms with Gasteiger partial charge in [0.15, 0.2) is 0 Å². The van der Waals surface area contributed by atoms with Crippen molar-refractivity contribution in [2.24, 2.45) is 5.73 Å². The van der Waals surface area contributed by atoms with Crippen LogP contribution >= 0.6 is 11.6 Å². The molecule has 0 aromatic heterocycles. The number of nitrogens with two attached hydrogens (primary N) is 1. The van der Waals surface area contributed by atoms with Crippen LogP contribution in [0.4, 0.5) is 0 Å². The first kappa shape index (κ1) is 20.0. The Morgan fingerprint density at radius 2 is 1.43 bits per heavy atom. The second-order valence-corrected chi connectivity index (χ2v) is 6.74. The van der Waals surface area contributed by atoms with Gasteiger partial charge < -0.3 is 15.6 Å². The van der Waals surface area contributed by atoms with E-state index in [-0.39, 0.29) is 5.75 Å². The summed E-state index contributed by atoms with van der Waals surface area (Å²) in [7, 11) is 0. The first-order valence-electron chi connectivity index (χ1n) is 9.30. The third kappa shape index (κ3) is 4.94. The average molecular weight is 394 g/mol. The first-order valence-corrected chi connectivity index (χ1v) is 9.83. The summed E-state index contributed by atoms with van der Waals surface area (Å²) in [6, 6.07) is 25.6. The van der Waals surface area contributed by atoms with Crippen LogP contribution < -0.4 is 10.5 Å². The number of hydrogen-bond donors (Lipinski definition) is 2. The summed E-state index contributed by atoms with van der Waals surface area (Å²) in [5.41, 5.74) is 11.0. The van der Waals surface area contributed by atoms with E-state index in [1.165, 1.54) is 0 Å². The molecule has 0 fully saturated rings. The first-order chi connectivity index (χ1) is 13.7. The Morgan fingerprint density at radius 1 is 0.821 bits per heavy atom. The number of halogens is 1. The molecule has 28 heavy (non-hydrogen) atoms. The highest BCUT2D eigenvalue weighted by Crippen LogP contribution is 2.35. The highest BCUT2D eigenvalue weighted by molar-refractivity contribution is 6.18. The predicted octanol–water partition coefficient (Wildman–Crippen LogP) is 5.32. The third-order valence-corrected chi connectivity index (χ3v) is 4.64. The molecule has 0 aliphatic carbocycles. The summed E-state index contributed by atoms with van der Waals surface area (Å²) in [6.07, 6.45) is 0.710. The van der Waals surface area contributed by atoms with E-state index < -0.39 is 0 Å². The average Bonchev–Trinajstić information content (AvgIpc) is 2.74. The van der Waals surface area contributed by atoms with Gasteiger partial charge in [0, 0.05) is 12.4 Å². The maximum Gasteiger partial charge on any atom is 0.119 e. The van der Waals surface area contributed by atoms with Crippen molar-refractivity contribution in [1.82, 2.24) is 0 Å². The zero-order valence-corrected chi connectivity index (χ0v) is 16.4. The van der Waals surface area contributed by atoms with Gasteiger partial charge in [-0.3, -0.25) is 0 Å². The lowest BCUT2D eigenvalue weighted by Gasteiger charge is -2.17. The molecule has 4 heteroatoms. The number of benzene rings is 3. The van der Waals surface area contributed by atoms with Gasteiger partial charge in [0.25, 0.3) is 0 Å². The molecule has 144 valence electrons. The lowest BCUT2D eigenvalue weighted by Crippen LogP contribution is -2.10. The second-order valence-electron chi connectivity index (χ2n) is 6.37. The molecule has 0 saturated carbocycles. The van der Waals surface area contributed by atoms with E-state index in [1.54, 1.807) is 12.1 Å². The molecule has 3 nitrogen and oxygen atoms in total. The van der Waals surface area contributed by atoms with E-state index in [2.05, 4.69) is 24.3 Å². The highest BCUT2D eigenvalue weighted by atomic mass is 35.5. The van der Waals surface area contributed by atoms with Crippen LogP contribution in [0.1, 0.15) is 23.1 Å². The SMILES string of the molecule is NCCOc1ccc(/C(=C(/CCCl)c2ccc(O)cc2)c2ccccc2)cc1. The lowest BCUT2D eigenvalue weighted by molar-refractivity contribution is 0.328.